The molecule has 612 valence electrons. The van der Waals surface area contributed by atoms with Crippen molar-refractivity contribution >= 4 is 138 Å². The Morgan fingerprint density at radius 2 is 0.926 bits per heavy atom. The van der Waals surface area contributed by atoms with Gasteiger partial charge in [-0.3, -0.25) is 65.0 Å². The van der Waals surface area contributed by atoms with E-state index in [1.807, 2.05) is 0 Å². The molecule has 0 bridgehead atoms. The molecule has 4 aromatic heterocycles. The van der Waals surface area contributed by atoms with Gasteiger partial charge in [0.1, 0.15) is 72.5 Å². The Balaban J connectivity index is 0.000000387. The number of carbonyl (C=O) groups is 6. The average molecular weight is 1710 g/mol. The number of aromatic nitrogens is 8. The topological polar surface area (TPSA) is 768 Å². The molecule has 50 nitrogen and oxygen atoms in total. The van der Waals surface area contributed by atoms with Crippen LogP contribution in [-0.2, 0) is 101 Å². The molecule has 58 heteroatoms. The number of hydrogen-bond donors (Lipinski definition) is 20. The van der Waals surface area contributed by atoms with Crippen molar-refractivity contribution in [1.29, 1.82) is 0 Å². The van der Waals surface area contributed by atoms with E-state index in [1.165, 1.54) is 34.6 Å². The van der Waals surface area contributed by atoms with Gasteiger partial charge >= 0.3 is 46.9 Å². The number of carbonyl (C=O) groups excluding carboxylic acids is 6. The Kier molecular flexibility index (Phi) is 35.3. The van der Waals surface area contributed by atoms with Crippen molar-refractivity contribution in [3.63, 3.8) is 0 Å². The molecule has 15 atom stereocenters. The highest BCUT2D eigenvalue weighted by molar-refractivity contribution is 8.13. The van der Waals surface area contributed by atoms with Crippen LogP contribution in [0.15, 0.2) is 25.3 Å². The van der Waals surface area contributed by atoms with E-state index < -0.39 is 175 Å². The summed E-state index contributed by atoms with van der Waals surface area (Å²) in [4.78, 5) is 174. The summed E-state index contributed by atoms with van der Waals surface area (Å²) in [5, 5.41) is 70.0. The Labute approximate surface area is 619 Å². The minimum Gasteiger partial charge on any atom is -0.396 e. The van der Waals surface area contributed by atoms with Crippen molar-refractivity contribution in [3.8, 4) is 0 Å². The summed E-state index contributed by atoms with van der Waals surface area (Å²) in [6, 6.07) is 0. The number of nitrogens with one attached hydrogen (secondary N) is 4. The van der Waals surface area contributed by atoms with Gasteiger partial charge in [0.05, 0.1) is 45.2 Å². The van der Waals surface area contributed by atoms with Crippen molar-refractivity contribution in [2.45, 2.75) is 134 Å². The maximum absolute atomic E-state index is 12.6. The standard InChI is InChI=1S/2C25H42N7O18P3S/c1-13(33)8-16(35)54-7-6-27-15(34)4-5-28-23(38)20(37)25(2,3)10-47-53(44,45)50-52(42,43)46-9-14-19(49-51(39,40)41)18(36)24(48-14)32-12-31-17-21(26)29-11-30-22(17)32;1-25(2,20(37)23(38)28-6-5-15(34)27-7-9-54-16(35)4-3-8-33)11-47-53(44,45)50-52(42,43)46-10-14-19(49-51(39,40)41)18(36)24(48-14)32-13-31-17-21(26)29-12-30-22(17)32/h11-14,18-20,24,33,36-37H,4-10H2,1-3H3,(H,27,34)(H,28,38)(H,42,43)(H,44,45)(H2,26,29,30)(H2,39,40,41);12-14,18-20,24,33,36-37H,3-11H2,1-2H3,(H,27,34)(H,28,38)(H,42,43)(H,44,45)(H2,26,29,30)(H2,39,40,41)/t13?,14-,18-,19-,20+,24-;14-,18-,19-,20+,24-/m11/s1. The third-order valence-corrected chi connectivity index (χ3v) is 22.6. The van der Waals surface area contributed by atoms with Gasteiger partial charge in [0.15, 0.2) is 45.6 Å². The maximum atomic E-state index is 12.6. The number of phosphoric acid groups is 6. The number of nitrogen functional groups attached to an aromatic ring is 2. The molecular formula is C50H84N14O36P6S2. The summed E-state index contributed by atoms with van der Waals surface area (Å²) >= 11 is 1.94. The summed E-state index contributed by atoms with van der Waals surface area (Å²) in [6.45, 7) is 2.14. The predicted molar refractivity (Wildman–Crippen MR) is 367 cm³/mol. The van der Waals surface area contributed by atoms with Gasteiger partial charge in [-0.15, -0.1) is 0 Å². The van der Waals surface area contributed by atoms with Crippen molar-refractivity contribution in [2.75, 3.05) is 82.2 Å². The van der Waals surface area contributed by atoms with Crippen LogP contribution in [0.4, 0.5) is 11.6 Å². The van der Waals surface area contributed by atoms with E-state index in [1.54, 1.807) is 0 Å². The second kappa shape index (κ2) is 40.7. The summed E-state index contributed by atoms with van der Waals surface area (Å²) in [6.07, 6.45) is -14.2. The molecule has 2 aliphatic rings. The van der Waals surface area contributed by atoms with Crippen LogP contribution in [0.5, 0.6) is 0 Å². The first kappa shape index (κ1) is 93.6. The van der Waals surface area contributed by atoms with E-state index in [9.17, 15) is 121 Å². The fraction of sp³-hybridized carbons (Fsp3) is 0.680. The van der Waals surface area contributed by atoms with Crippen molar-refractivity contribution in [2.24, 2.45) is 10.8 Å². The quantitative estimate of drug-likeness (QED) is 0.0154. The molecule has 0 spiro atoms. The first-order chi connectivity index (χ1) is 50.0. The normalized spacial score (nSPS) is 22.3. The minimum atomic E-state index is -5.57. The molecule has 5 unspecified atom stereocenters. The highest BCUT2D eigenvalue weighted by atomic mass is 32.2. The second-order valence-electron chi connectivity index (χ2n) is 24.5. The minimum absolute atomic E-state index is 0.0259. The van der Waals surface area contributed by atoms with E-state index in [0.29, 0.717) is 12.2 Å². The molecule has 4 aromatic rings. The van der Waals surface area contributed by atoms with Gasteiger partial charge in [0, 0.05) is 80.8 Å². The lowest BCUT2D eigenvalue weighted by Gasteiger charge is -2.30. The van der Waals surface area contributed by atoms with Crippen LogP contribution in [-0.4, -0.2) is 268 Å². The van der Waals surface area contributed by atoms with Crippen molar-refractivity contribution < 1.29 is 171 Å². The third kappa shape index (κ3) is 30.2. The van der Waals surface area contributed by atoms with E-state index >= 15 is 0 Å². The zero-order valence-electron chi connectivity index (χ0n) is 57.4. The molecule has 6 rings (SSSR count). The monoisotopic (exact) mass is 1710 g/mol. The van der Waals surface area contributed by atoms with E-state index in [0.717, 1.165) is 58.0 Å². The SMILES string of the molecule is CC(C)(COP(=O)(O)OP(=O)(O)OC[C@H]1O[C@@H](n2cnc3c(N)ncnc32)[C@H](O)[C@@H]1OP(=O)(O)O)[C@@H](O)C(=O)NCCC(=O)NCCSC(=O)CCCO.CC(O)CC(=O)SCCNC(=O)CCNC(=O)[C@H](O)C(C)(C)COP(=O)(O)OP(=O)(O)OC[C@H]1O[C@@H](n2cnc3c(N)ncnc32)[C@H](O)[C@@H]1OP(=O)(O)O. The predicted octanol–water partition coefficient (Wildman–Crippen LogP) is -3.13. The summed E-state index contributed by atoms with van der Waals surface area (Å²) in [7, 11) is -32.8. The summed E-state index contributed by atoms with van der Waals surface area (Å²) < 4.78 is 124. The molecule has 0 aromatic carbocycles. The number of thioether (sulfide) groups is 2. The number of ether oxygens (including phenoxy) is 2. The van der Waals surface area contributed by atoms with Crippen LogP contribution in [0.1, 0.15) is 79.2 Å². The van der Waals surface area contributed by atoms with Gasteiger partial charge in [0.2, 0.25) is 23.6 Å². The zero-order valence-corrected chi connectivity index (χ0v) is 64.4. The van der Waals surface area contributed by atoms with Crippen molar-refractivity contribution in [1.82, 2.24) is 60.3 Å². The van der Waals surface area contributed by atoms with Crippen LogP contribution in [0.2, 0.25) is 0 Å². The Morgan fingerprint density at radius 3 is 1.29 bits per heavy atom. The van der Waals surface area contributed by atoms with Gasteiger partial charge in [-0.05, 0) is 13.3 Å². The van der Waals surface area contributed by atoms with Crippen LogP contribution >= 0.6 is 70.5 Å². The molecule has 2 saturated heterocycles. The van der Waals surface area contributed by atoms with Gasteiger partial charge in [0.25, 0.3) is 0 Å². The molecule has 0 radical (unpaired) electrons. The number of anilines is 2. The first-order valence-corrected chi connectivity index (χ1v) is 42.4. The van der Waals surface area contributed by atoms with Crippen LogP contribution < -0.4 is 32.7 Å². The largest absolute Gasteiger partial charge is 0.481 e. The fourth-order valence-corrected chi connectivity index (χ4v) is 16.4. The zero-order chi connectivity index (χ0) is 81.1. The molecule has 22 N–H and O–H groups in total. The lowest BCUT2D eigenvalue weighted by molar-refractivity contribution is -0.137. The smallest absolute Gasteiger partial charge is 0.396 e. The fourth-order valence-electron chi connectivity index (χ4n) is 9.19. The molecule has 108 heavy (non-hydrogen) atoms. The number of aliphatic hydroxyl groups excluding tert-OH is 6. The van der Waals surface area contributed by atoms with Crippen LogP contribution in [0, 0.1) is 10.8 Å². The molecular weight excluding hydrogens is 1620 g/mol. The number of amides is 4. The molecule has 4 amide bonds. The molecule has 6 heterocycles. The van der Waals surface area contributed by atoms with E-state index in [-0.39, 0.29) is 108 Å². The molecule has 2 aliphatic heterocycles. The number of imidazole rings is 2. The third-order valence-electron chi connectivity index (χ3n) is 14.5. The van der Waals surface area contributed by atoms with Crippen LogP contribution in [0.3, 0.4) is 0 Å². The second-order valence-corrected chi connectivity index (χ2v) is 35.2. The molecule has 0 saturated carbocycles. The maximum Gasteiger partial charge on any atom is 0.481 e. The highest BCUT2D eigenvalue weighted by Gasteiger charge is 2.53. The number of phosphoric ester groups is 6. The average Bonchev–Trinajstić information content (AvgIpc) is 1.62. The van der Waals surface area contributed by atoms with Gasteiger partial charge in [-0.25, -0.2) is 57.3 Å². The van der Waals surface area contributed by atoms with Gasteiger partial charge in [-0.2, -0.15) is 8.62 Å². The van der Waals surface area contributed by atoms with Gasteiger partial charge < -0.3 is 112 Å². The molecule has 0 aliphatic carbocycles. The number of hydrogen-bond acceptors (Lipinski definition) is 38. The summed E-state index contributed by atoms with van der Waals surface area (Å²) in [5.74, 6) is -2.45. The lowest BCUT2D eigenvalue weighted by atomic mass is 9.87. The number of nitrogens with zero attached hydrogens (tertiary/aromatic N) is 8. The summed E-state index contributed by atoms with van der Waals surface area (Å²) in [5.41, 5.74) is 8.47. The lowest BCUT2D eigenvalue weighted by Crippen LogP contribution is -2.46. The Hall–Kier alpha value is -4.96. The van der Waals surface area contributed by atoms with E-state index in [2.05, 4.69) is 68.8 Å². The van der Waals surface area contributed by atoms with Crippen LogP contribution in [0.25, 0.3) is 22.3 Å². The Morgan fingerprint density at radius 1 is 0.556 bits per heavy atom. The number of nitrogens with two attached hydrogens (primary N) is 2. The number of aliphatic hydroxyl groups is 6. The first-order valence-electron chi connectivity index (χ1n) is 31.3. The number of rotatable bonds is 43. The molecule has 2 fully saturated rings. The van der Waals surface area contributed by atoms with Gasteiger partial charge in [-0.1, -0.05) is 51.2 Å². The Bertz CT molecular complexity index is 4050. The van der Waals surface area contributed by atoms with E-state index in [4.69, 9.17) is 44.1 Å². The number of fused-ring (bicyclic) bond motifs is 2. The highest BCUT2D eigenvalue weighted by Crippen LogP contribution is 2.63. The van der Waals surface area contributed by atoms with Crippen molar-refractivity contribution in [3.05, 3.63) is 25.3 Å².